The minimum atomic E-state index is -4.81. The molecular formula is C32H30F3N3O4S. The van der Waals surface area contributed by atoms with Crippen molar-refractivity contribution in [3.63, 3.8) is 0 Å². The highest BCUT2D eigenvalue weighted by atomic mass is 32.2. The Morgan fingerprint density at radius 1 is 0.930 bits per heavy atom. The highest BCUT2D eigenvalue weighted by Crippen LogP contribution is 2.40. The SMILES string of the molecule is Cc1cn(-c2ccc(-c3cccc(S(C)(=O)=O)c3)cc2-c2nc(CC(C)C)oc2-c2ccc(OC(F)(F)F)cc2)c(C)n1. The summed E-state index contributed by atoms with van der Waals surface area (Å²) < 4.78 is 75.2. The van der Waals surface area contributed by atoms with Crippen LogP contribution in [0.2, 0.25) is 0 Å². The second-order valence-electron chi connectivity index (χ2n) is 10.8. The first kappa shape index (κ1) is 30.1. The number of alkyl halides is 3. The van der Waals surface area contributed by atoms with E-state index in [4.69, 9.17) is 9.40 Å². The van der Waals surface area contributed by atoms with Gasteiger partial charge in [0.2, 0.25) is 0 Å². The van der Waals surface area contributed by atoms with E-state index in [1.807, 2.05) is 62.7 Å². The largest absolute Gasteiger partial charge is 0.573 e. The molecule has 11 heteroatoms. The predicted molar refractivity (Wildman–Crippen MR) is 158 cm³/mol. The van der Waals surface area contributed by atoms with Gasteiger partial charge in [-0.1, -0.05) is 32.0 Å². The lowest BCUT2D eigenvalue weighted by atomic mass is 9.98. The van der Waals surface area contributed by atoms with E-state index in [-0.39, 0.29) is 16.6 Å². The van der Waals surface area contributed by atoms with Gasteiger partial charge in [0.15, 0.2) is 21.5 Å². The van der Waals surface area contributed by atoms with E-state index in [0.29, 0.717) is 40.5 Å². The molecule has 0 saturated carbocycles. The van der Waals surface area contributed by atoms with Crippen LogP contribution in [0.3, 0.4) is 0 Å². The van der Waals surface area contributed by atoms with Crippen LogP contribution in [-0.4, -0.2) is 35.6 Å². The number of imidazole rings is 1. The van der Waals surface area contributed by atoms with Gasteiger partial charge in [-0.2, -0.15) is 0 Å². The lowest BCUT2D eigenvalue weighted by molar-refractivity contribution is -0.274. The molecule has 0 radical (unpaired) electrons. The molecule has 5 aromatic rings. The van der Waals surface area contributed by atoms with Crippen molar-refractivity contribution in [2.45, 2.75) is 45.4 Å². The Morgan fingerprint density at radius 2 is 1.60 bits per heavy atom. The van der Waals surface area contributed by atoms with Gasteiger partial charge in [0, 0.05) is 30.0 Å². The van der Waals surface area contributed by atoms with Crippen LogP contribution >= 0.6 is 0 Å². The van der Waals surface area contributed by atoms with E-state index in [9.17, 15) is 21.6 Å². The van der Waals surface area contributed by atoms with Gasteiger partial charge in [-0.15, -0.1) is 13.2 Å². The van der Waals surface area contributed by atoms with Crippen LogP contribution in [-0.2, 0) is 16.3 Å². The monoisotopic (exact) mass is 609 g/mol. The molecule has 0 aliphatic rings. The van der Waals surface area contributed by atoms with Crippen LogP contribution in [0.25, 0.3) is 39.4 Å². The molecule has 0 aliphatic heterocycles. The zero-order valence-electron chi connectivity index (χ0n) is 24.2. The van der Waals surface area contributed by atoms with E-state index in [1.165, 1.54) is 24.3 Å². The number of aromatic nitrogens is 3. The quantitative estimate of drug-likeness (QED) is 0.177. The summed E-state index contributed by atoms with van der Waals surface area (Å²) in [5.41, 5.74) is 4.68. The third-order valence-corrected chi connectivity index (χ3v) is 7.82. The Bertz CT molecular complexity index is 1890. The topological polar surface area (TPSA) is 87.2 Å². The standard InChI is InChI=1S/C32H30F3N3O4S/c1-19(2)15-29-37-30(31(41-29)22-9-12-25(13-10-22)42-32(33,34)35)27-17-24(23-7-6-8-26(16-23)43(5,39)40)11-14-28(27)38-18-20(3)36-21(38)4/h6-14,16-19H,15H2,1-5H3. The Hall–Kier alpha value is -4.38. The van der Waals surface area contributed by atoms with Crippen molar-refractivity contribution in [3.05, 3.63) is 90.3 Å². The highest BCUT2D eigenvalue weighted by molar-refractivity contribution is 7.90. The van der Waals surface area contributed by atoms with Crippen LogP contribution in [0, 0.1) is 19.8 Å². The summed E-state index contributed by atoms with van der Waals surface area (Å²) in [5, 5.41) is 0. The Morgan fingerprint density at radius 3 is 2.21 bits per heavy atom. The van der Waals surface area contributed by atoms with Crippen molar-refractivity contribution >= 4 is 9.84 Å². The smallest absolute Gasteiger partial charge is 0.440 e. The first-order valence-corrected chi connectivity index (χ1v) is 15.4. The average molecular weight is 610 g/mol. The molecule has 0 atom stereocenters. The van der Waals surface area contributed by atoms with Crippen molar-refractivity contribution in [2.24, 2.45) is 5.92 Å². The Balaban J connectivity index is 1.73. The number of benzene rings is 3. The number of ether oxygens (including phenoxy) is 1. The normalized spacial score (nSPS) is 12.2. The van der Waals surface area contributed by atoms with Crippen LogP contribution < -0.4 is 4.74 Å². The van der Waals surface area contributed by atoms with Crippen molar-refractivity contribution in [1.29, 1.82) is 0 Å². The van der Waals surface area contributed by atoms with E-state index in [0.717, 1.165) is 29.0 Å². The molecule has 0 unspecified atom stereocenters. The van der Waals surface area contributed by atoms with Gasteiger partial charge in [-0.05, 0) is 79.4 Å². The summed E-state index contributed by atoms with van der Waals surface area (Å²) in [6.07, 6.45) is -1.21. The summed E-state index contributed by atoms with van der Waals surface area (Å²) in [6, 6.07) is 17.9. The summed E-state index contributed by atoms with van der Waals surface area (Å²) in [4.78, 5) is 9.63. The number of sulfone groups is 1. The van der Waals surface area contributed by atoms with Crippen LogP contribution in [0.1, 0.15) is 31.3 Å². The van der Waals surface area contributed by atoms with E-state index in [2.05, 4.69) is 9.72 Å². The maximum atomic E-state index is 12.8. The average Bonchev–Trinajstić information content (AvgIpc) is 3.49. The van der Waals surface area contributed by atoms with Crippen LogP contribution in [0.15, 0.2) is 82.2 Å². The van der Waals surface area contributed by atoms with Gasteiger partial charge < -0.3 is 13.7 Å². The second-order valence-corrected chi connectivity index (χ2v) is 12.8. The zero-order valence-corrected chi connectivity index (χ0v) is 25.0. The molecule has 2 heterocycles. The second kappa shape index (κ2) is 11.4. The molecule has 0 fully saturated rings. The molecule has 0 N–H and O–H groups in total. The minimum Gasteiger partial charge on any atom is -0.440 e. The fourth-order valence-electron chi connectivity index (χ4n) is 4.87. The maximum absolute atomic E-state index is 12.8. The first-order valence-electron chi connectivity index (χ1n) is 13.5. The number of halogens is 3. The fourth-order valence-corrected chi connectivity index (χ4v) is 5.54. The van der Waals surface area contributed by atoms with E-state index < -0.39 is 16.2 Å². The summed E-state index contributed by atoms with van der Waals surface area (Å²) in [7, 11) is -3.44. The summed E-state index contributed by atoms with van der Waals surface area (Å²) in [5.74, 6) is 1.48. The summed E-state index contributed by atoms with van der Waals surface area (Å²) in [6.45, 7) is 7.84. The molecule has 224 valence electrons. The Labute approximate surface area is 247 Å². The molecule has 0 amide bonds. The molecule has 7 nitrogen and oxygen atoms in total. The number of rotatable bonds is 8. The van der Waals surface area contributed by atoms with E-state index >= 15 is 0 Å². The lowest BCUT2D eigenvalue weighted by Gasteiger charge is -2.14. The molecule has 0 saturated heterocycles. The fraction of sp³-hybridized carbons (Fsp3) is 0.250. The van der Waals surface area contributed by atoms with Gasteiger partial charge in [0.05, 0.1) is 16.3 Å². The molecule has 0 aliphatic carbocycles. The van der Waals surface area contributed by atoms with Crippen LogP contribution in [0.5, 0.6) is 5.75 Å². The van der Waals surface area contributed by atoms with Gasteiger partial charge in [-0.3, -0.25) is 0 Å². The number of oxazole rings is 1. The van der Waals surface area contributed by atoms with Crippen molar-refractivity contribution in [1.82, 2.24) is 14.5 Å². The number of nitrogens with zero attached hydrogens (tertiary/aromatic N) is 3. The number of aryl methyl sites for hydroxylation is 2. The van der Waals surface area contributed by atoms with Crippen molar-refractivity contribution in [3.8, 4) is 45.1 Å². The number of hydrogen-bond donors (Lipinski definition) is 0. The maximum Gasteiger partial charge on any atom is 0.573 e. The molecule has 43 heavy (non-hydrogen) atoms. The van der Waals surface area contributed by atoms with Gasteiger partial charge in [0.1, 0.15) is 17.3 Å². The molecule has 0 spiro atoms. The van der Waals surface area contributed by atoms with Gasteiger partial charge in [0.25, 0.3) is 0 Å². The predicted octanol–water partition coefficient (Wildman–Crippen LogP) is 7.98. The van der Waals surface area contributed by atoms with E-state index in [1.54, 1.807) is 18.2 Å². The zero-order chi connectivity index (χ0) is 31.1. The third-order valence-electron chi connectivity index (χ3n) is 6.71. The minimum absolute atomic E-state index is 0.194. The lowest BCUT2D eigenvalue weighted by Crippen LogP contribution is -2.16. The Kier molecular flexibility index (Phi) is 7.95. The molecule has 0 bridgehead atoms. The third kappa shape index (κ3) is 6.83. The van der Waals surface area contributed by atoms with Crippen molar-refractivity contribution < 1.29 is 30.7 Å². The van der Waals surface area contributed by atoms with Gasteiger partial charge in [-0.25, -0.2) is 18.4 Å². The highest BCUT2D eigenvalue weighted by Gasteiger charge is 2.31. The molecule has 5 rings (SSSR count). The number of hydrogen-bond acceptors (Lipinski definition) is 6. The summed E-state index contributed by atoms with van der Waals surface area (Å²) >= 11 is 0. The first-order chi connectivity index (χ1) is 20.2. The van der Waals surface area contributed by atoms with Crippen molar-refractivity contribution in [2.75, 3.05) is 6.26 Å². The van der Waals surface area contributed by atoms with Crippen LogP contribution in [0.4, 0.5) is 13.2 Å². The van der Waals surface area contributed by atoms with Gasteiger partial charge >= 0.3 is 6.36 Å². The molecule has 3 aromatic carbocycles. The molecular weight excluding hydrogens is 579 g/mol. The molecule has 2 aromatic heterocycles.